The van der Waals surface area contributed by atoms with E-state index in [1.807, 2.05) is 4.90 Å². The molecule has 1 heterocycles. The van der Waals surface area contributed by atoms with Crippen LogP contribution in [0.5, 0.6) is 11.5 Å². The monoisotopic (exact) mass is 409 g/mol. The second kappa shape index (κ2) is 8.23. The number of piperazine rings is 1. The molecule has 2 aromatic carbocycles. The van der Waals surface area contributed by atoms with E-state index in [1.165, 1.54) is 54.0 Å². The molecular formula is C18H20FN3O5S. The highest BCUT2D eigenvalue weighted by atomic mass is 32.2. The van der Waals surface area contributed by atoms with Crippen molar-refractivity contribution in [3.8, 4) is 11.5 Å². The van der Waals surface area contributed by atoms with Crippen molar-refractivity contribution in [3.05, 3.63) is 54.3 Å². The number of carbonyl (C=O) groups excluding carboxylic acids is 1. The molecule has 8 nitrogen and oxygen atoms in total. The summed E-state index contributed by atoms with van der Waals surface area (Å²) in [6.07, 6.45) is 0. The van der Waals surface area contributed by atoms with Crippen LogP contribution in [0.3, 0.4) is 0 Å². The zero-order valence-electron chi connectivity index (χ0n) is 15.1. The fourth-order valence-electron chi connectivity index (χ4n) is 2.93. The van der Waals surface area contributed by atoms with Crippen molar-refractivity contribution in [1.82, 2.24) is 14.7 Å². The number of hydrogen-bond donors (Lipinski definition) is 2. The van der Waals surface area contributed by atoms with Crippen LogP contribution in [0.4, 0.5) is 4.39 Å². The maximum atomic E-state index is 13.0. The number of carbonyl (C=O) groups is 1. The van der Waals surface area contributed by atoms with Crippen LogP contribution in [-0.4, -0.2) is 61.5 Å². The molecule has 10 heteroatoms. The molecule has 0 aromatic heterocycles. The lowest BCUT2D eigenvalue weighted by atomic mass is 10.2. The van der Waals surface area contributed by atoms with E-state index in [1.54, 1.807) is 7.05 Å². The van der Waals surface area contributed by atoms with E-state index in [2.05, 4.69) is 0 Å². The van der Waals surface area contributed by atoms with E-state index in [0.29, 0.717) is 18.0 Å². The van der Waals surface area contributed by atoms with Gasteiger partial charge < -0.3 is 9.64 Å². The molecule has 0 bridgehead atoms. The van der Waals surface area contributed by atoms with E-state index in [0.717, 1.165) is 4.31 Å². The summed E-state index contributed by atoms with van der Waals surface area (Å²) in [7, 11) is -2.19. The van der Waals surface area contributed by atoms with Crippen molar-refractivity contribution in [2.45, 2.75) is 10.9 Å². The van der Waals surface area contributed by atoms with Gasteiger partial charge in [-0.3, -0.25) is 10.0 Å². The number of amides is 1. The van der Waals surface area contributed by atoms with Gasteiger partial charge in [0.05, 0.1) is 4.90 Å². The zero-order chi connectivity index (χ0) is 20.3. The van der Waals surface area contributed by atoms with Gasteiger partial charge in [0.15, 0.2) is 0 Å². The highest BCUT2D eigenvalue weighted by Crippen LogP contribution is 2.26. The maximum Gasteiger partial charge on any atom is 0.263 e. The molecule has 1 aliphatic heterocycles. The van der Waals surface area contributed by atoms with Crippen LogP contribution in [0.1, 0.15) is 0 Å². The van der Waals surface area contributed by atoms with Crippen molar-refractivity contribution in [2.75, 3.05) is 26.7 Å². The Kier molecular flexibility index (Phi) is 5.94. The smallest absolute Gasteiger partial charge is 0.263 e. The maximum absolute atomic E-state index is 13.0. The van der Waals surface area contributed by atoms with Crippen LogP contribution >= 0.6 is 0 Å². The number of ether oxygens (including phenoxy) is 1. The first-order valence-corrected chi connectivity index (χ1v) is 9.93. The lowest BCUT2D eigenvalue weighted by Gasteiger charge is -2.37. The van der Waals surface area contributed by atoms with Crippen LogP contribution in [0.25, 0.3) is 0 Å². The molecule has 150 valence electrons. The predicted octanol–water partition coefficient (Wildman–Crippen LogP) is 1.43. The van der Waals surface area contributed by atoms with Crippen molar-refractivity contribution >= 4 is 15.9 Å². The Morgan fingerprint density at radius 3 is 2.25 bits per heavy atom. The SMILES string of the molecule is CN1CCN(S(=O)(=O)c2ccc(Oc3ccc(F)cc3)cc2)[C@@H](C(=O)NO)C1. The molecule has 1 amide bonds. The number of nitrogens with zero attached hydrogens (tertiary/aromatic N) is 2. The molecule has 0 spiro atoms. The Balaban J connectivity index is 1.81. The first kappa shape index (κ1) is 20.2. The lowest BCUT2D eigenvalue weighted by Crippen LogP contribution is -2.59. The highest BCUT2D eigenvalue weighted by molar-refractivity contribution is 7.89. The van der Waals surface area contributed by atoms with Crippen LogP contribution in [0, 0.1) is 5.82 Å². The lowest BCUT2D eigenvalue weighted by molar-refractivity contribution is -0.134. The number of sulfonamides is 1. The molecule has 2 aromatic rings. The molecule has 0 unspecified atom stereocenters. The summed E-state index contributed by atoms with van der Waals surface area (Å²) in [5, 5.41) is 8.94. The Labute approximate surface area is 162 Å². The molecule has 2 N–H and O–H groups in total. The fourth-order valence-corrected chi connectivity index (χ4v) is 4.50. The van der Waals surface area contributed by atoms with Gasteiger partial charge in [-0.15, -0.1) is 0 Å². The van der Waals surface area contributed by atoms with Gasteiger partial charge in [0.25, 0.3) is 5.91 Å². The van der Waals surface area contributed by atoms with Gasteiger partial charge in [-0.25, -0.2) is 18.3 Å². The van der Waals surface area contributed by atoms with Crippen LogP contribution < -0.4 is 10.2 Å². The number of benzene rings is 2. The number of likely N-dealkylation sites (N-methyl/N-ethyl adjacent to an activating group) is 1. The standard InChI is InChI=1S/C18H20FN3O5S/c1-21-10-11-22(17(12-21)18(23)20-24)28(25,26)16-8-6-15(7-9-16)27-14-4-2-13(19)3-5-14/h2-9,17,24H,10-12H2,1H3,(H,20,23)/t17-/m1/s1. The quantitative estimate of drug-likeness (QED) is 0.573. The van der Waals surface area contributed by atoms with Crippen LogP contribution in [-0.2, 0) is 14.8 Å². The van der Waals surface area contributed by atoms with Crippen molar-refractivity contribution in [1.29, 1.82) is 0 Å². The van der Waals surface area contributed by atoms with Gasteiger partial charge in [-0.1, -0.05) is 0 Å². The third-order valence-electron chi connectivity index (χ3n) is 4.43. The molecule has 0 aliphatic carbocycles. The van der Waals surface area contributed by atoms with Gasteiger partial charge >= 0.3 is 0 Å². The number of rotatable bonds is 5. The Morgan fingerprint density at radius 1 is 1.11 bits per heavy atom. The summed E-state index contributed by atoms with van der Waals surface area (Å²) in [5.74, 6) is -0.377. The third-order valence-corrected chi connectivity index (χ3v) is 6.35. The molecular weight excluding hydrogens is 389 g/mol. The largest absolute Gasteiger partial charge is 0.457 e. The van der Waals surface area contributed by atoms with E-state index < -0.39 is 22.0 Å². The average molecular weight is 409 g/mol. The topological polar surface area (TPSA) is 99.2 Å². The Morgan fingerprint density at radius 2 is 1.68 bits per heavy atom. The zero-order valence-corrected chi connectivity index (χ0v) is 15.9. The van der Waals surface area contributed by atoms with Gasteiger partial charge in [0.2, 0.25) is 10.0 Å². The predicted molar refractivity (Wildman–Crippen MR) is 98.0 cm³/mol. The summed E-state index contributed by atoms with van der Waals surface area (Å²) in [6, 6.07) is 10.1. The molecule has 1 saturated heterocycles. The number of hydroxylamine groups is 1. The van der Waals surface area contributed by atoms with Gasteiger partial charge in [0.1, 0.15) is 23.4 Å². The molecule has 3 rings (SSSR count). The minimum absolute atomic E-state index is 0.000695. The van der Waals surface area contributed by atoms with Crippen molar-refractivity contribution in [2.24, 2.45) is 0 Å². The summed E-state index contributed by atoms with van der Waals surface area (Å²) in [5.41, 5.74) is 1.53. The summed E-state index contributed by atoms with van der Waals surface area (Å²) in [4.78, 5) is 13.8. The molecule has 0 saturated carbocycles. The first-order valence-electron chi connectivity index (χ1n) is 8.49. The molecule has 1 atom stereocenters. The normalized spacial score (nSPS) is 18.6. The van der Waals surface area contributed by atoms with Gasteiger partial charge in [-0.2, -0.15) is 4.31 Å². The summed E-state index contributed by atoms with van der Waals surface area (Å²) in [6.45, 7) is 0.738. The third kappa shape index (κ3) is 4.30. The fraction of sp³-hybridized carbons (Fsp3) is 0.278. The Bertz CT molecular complexity index is 935. The number of nitrogens with one attached hydrogen (secondary N) is 1. The van der Waals surface area contributed by atoms with Crippen molar-refractivity contribution < 1.29 is 27.5 Å². The van der Waals surface area contributed by atoms with Crippen LogP contribution in [0.15, 0.2) is 53.4 Å². The van der Waals surface area contributed by atoms with E-state index in [9.17, 15) is 17.6 Å². The van der Waals surface area contributed by atoms with Crippen LogP contribution in [0.2, 0.25) is 0 Å². The highest BCUT2D eigenvalue weighted by Gasteiger charge is 2.39. The molecule has 0 radical (unpaired) electrons. The molecule has 1 aliphatic rings. The second-order valence-electron chi connectivity index (χ2n) is 6.40. The van der Waals surface area contributed by atoms with Crippen molar-refractivity contribution in [3.63, 3.8) is 0 Å². The summed E-state index contributed by atoms with van der Waals surface area (Å²) >= 11 is 0. The summed E-state index contributed by atoms with van der Waals surface area (Å²) < 4.78 is 45.6. The number of halogens is 1. The van der Waals surface area contributed by atoms with E-state index >= 15 is 0 Å². The van der Waals surface area contributed by atoms with Gasteiger partial charge in [0, 0.05) is 19.6 Å². The van der Waals surface area contributed by atoms with E-state index in [-0.39, 0.29) is 23.8 Å². The second-order valence-corrected chi connectivity index (χ2v) is 8.29. The number of hydrogen-bond acceptors (Lipinski definition) is 6. The molecule has 28 heavy (non-hydrogen) atoms. The minimum Gasteiger partial charge on any atom is -0.457 e. The first-order chi connectivity index (χ1) is 13.3. The van der Waals surface area contributed by atoms with Gasteiger partial charge in [-0.05, 0) is 55.6 Å². The van der Waals surface area contributed by atoms with E-state index in [4.69, 9.17) is 9.94 Å². The molecule has 1 fully saturated rings. The average Bonchev–Trinajstić information content (AvgIpc) is 2.69. The Hall–Kier alpha value is -2.53. The minimum atomic E-state index is -3.96.